The highest BCUT2D eigenvalue weighted by molar-refractivity contribution is 7.00. The molecule has 0 saturated carbocycles. The monoisotopic (exact) mass is 226 g/mol. The molecule has 0 fully saturated rings. The van der Waals surface area contributed by atoms with Crippen LogP contribution >= 0.6 is 11.7 Å². The molecule has 1 heterocycles. The number of rotatable bonds is 1. The molecule has 76 valence electrons. The van der Waals surface area contributed by atoms with Crippen molar-refractivity contribution in [2.75, 3.05) is 0 Å². The highest BCUT2D eigenvalue weighted by Crippen LogP contribution is 2.22. The molecule has 0 spiro atoms. The number of aromatic nitrogens is 2. The quantitative estimate of drug-likeness (QED) is 0.700. The second kappa shape index (κ2) is 4.09. The van der Waals surface area contributed by atoms with Crippen LogP contribution in [0.5, 0.6) is 0 Å². The summed E-state index contributed by atoms with van der Waals surface area (Å²) in [6.07, 6.45) is 1.53. The lowest BCUT2D eigenvalue weighted by Crippen LogP contribution is -1.83. The molecular weight excluding hydrogens is 220 g/mol. The molecule has 0 unspecified atom stereocenters. The van der Waals surface area contributed by atoms with E-state index in [9.17, 15) is 0 Å². The van der Waals surface area contributed by atoms with Crippen LogP contribution in [0.3, 0.4) is 0 Å². The molecule has 5 heteroatoms. The van der Waals surface area contributed by atoms with Crippen LogP contribution in [0.15, 0.2) is 17.7 Å². The lowest BCUT2D eigenvalue weighted by atomic mass is 10.1. The molecule has 0 N–H and O–H groups in total. The van der Waals surface area contributed by atoms with Crippen LogP contribution in [0.25, 0.3) is 17.1 Å². The van der Waals surface area contributed by atoms with E-state index in [-0.39, 0.29) is 5.57 Å². The smallest absolute Gasteiger partial charge is 0.130 e. The van der Waals surface area contributed by atoms with Gasteiger partial charge in [-0.3, -0.25) is 0 Å². The molecule has 1 aromatic carbocycles. The first-order valence-corrected chi connectivity index (χ1v) is 5.23. The Labute approximate surface area is 96.4 Å². The molecule has 0 bridgehead atoms. The first-order chi connectivity index (χ1) is 7.76. The summed E-state index contributed by atoms with van der Waals surface area (Å²) in [5, 5.41) is 17.4. The van der Waals surface area contributed by atoms with Crippen LogP contribution in [0, 0.1) is 29.6 Å². The molecule has 0 amide bonds. The maximum atomic E-state index is 8.69. The van der Waals surface area contributed by atoms with Crippen molar-refractivity contribution in [2.45, 2.75) is 6.92 Å². The van der Waals surface area contributed by atoms with E-state index in [0.29, 0.717) is 0 Å². The van der Waals surface area contributed by atoms with Gasteiger partial charge in [-0.25, -0.2) is 0 Å². The van der Waals surface area contributed by atoms with E-state index >= 15 is 0 Å². The summed E-state index contributed by atoms with van der Waals surface area (Å²) >= 11 is 1.13. The van der Waals surface area contributed by atoms with Gasteiger partial charge in [-0.15, -0.1) is 0 Å². The van der Waals surface area contributed by atoms with Crippen molar-refractivity contribution in [3.63, 3.8) is 0 Å². The summed E-state index contributed by atoms with van der Waals surface area (Å²) in [7, 11) is 0. The number of benzene rings is 1. The van der Waals surface area contributed by atoms with E-state index < -0.39 is 0 Å². The number of nitrogens with zero attached hydrogens (tertiary/aromatic N) is 4. The van der Waals surface area contributed by atoms with Crippen LogP contribution in [-0.4, -0.2) is 8.75 Å². The molecule has 0 radical (unpaired) electrons. The highest BCUT2D eigenvalue weighted by Gasteiger charge is 2.06. The lowest BCUT2D eigenvalue weighted by molar-refractivity contribution is 1.46. The standard InChI is InChI=1S/C11H6N4S/c1-7-2-3-9(4-8(5-12)6-13)11-10(7)14-16-15-11/h2-4H,1H3. The number of hydrogen-bond donors (Lipinski definition) is 0. The van der Waals surface area contributed by atoms with Gasteiger partial charge in [0.05, 0.1) is 11.7 Å². The van der Waals surface area contributed by atoms with E-state index in [0.717, 1.165) is 33.9 Å². The molecule has 2 rings (SSSR count). The minimum atomic E-state index is 0.0677. The van der Waals surface area contributed by atoms with Gasteiger partial charge in [0.1, 0.15) is 28.7 Å². The van der Waals surface area contributed by atoms with E-state index in [4.69, 9.17) is 10.5 Å². The Morgan fingerprint density at radius 2 is 1.94 bits per heavy atom. The summed E-state index contributed by atoms with van der Waals surface area (Å²) in [5.74, 6) is 0. The van der Waals surface area contributed by atoms with Gasteiger partial charge in [0, 0.05) is 5.56 Å². The molecule has 0 aliphatic rings. The maximum absolute atomic E-state index is 8.69. The molecule has 0 aliphatic heterocycles. The van der Waals surface area contributed by atoms with Gasteiger partial charge in [0.25, 0.3) is 0 Å². The predicted octanol–water partition coefficient (Wildman–Crippen LogP) is 2.43. The molecular formula is C11H6N4S. The maximum Gasteiger partial charge on any atom is 0.130 e. The van der Waals surface area contributed by atoms with Crippen molar-refractivity contribution in [1.82, 2.24) is 8.75 Å². The minimum Gasteiger partial charge on any atom is -0.192 e. The average Bonchev–Trinajstić information content (AvgIpc) is 2.78. The molecule has 1 aromatic heterocycles. The van der Waals surface area contributed by atoms with Gasteiger partial charge in [-0.05, 0) is 18.6 Å². The number of aryl methyl sites for hydroxylation is 1. The summed E-state index contributed by atoms with van der Waals surface area (Å²) < 4.78 is 8.34. The third kappa shape index (κ3) is 1.65. The zero-order valence-corrected chi connectivity index (χ0v) is 9.25. The summed E-state index contributed by atoms with van der Waals surface area (Å²) in [4.78, 5) is 0. The third-order valence-electron chi connectivity index (χ3n) is 2.19. The van der Waals surface area contributed by atoms with Crippen LogP contribution in [0.1, 0.15) is 11.1 Å². The largest absolute Gasteiger partial charge is 0.192 e. The zero-order chi connectivity index (χ0) is 11.5. The van der Waals surface area contributed by atoms with Gasteiger partial charge >= 0.3 is 0 Å². The van der Waals surface area contributed by atoms with Crippen molar-refractivity contribution < 1.29 is 0 Å². The Morgan fingerprint density at radius 1 is 1.25 bits per heavy atom. The van der Waals surface area contributed by atoms with Crippen LogP contribution in [0.4, 0.5) is 0 Å². The molecule has 0 atom stereocenters. The Morgan fingerprint density at radius 3 is 2.62 bits per heavy atom. The molecule has 0 saturated heterocycles. The highest BCUT2D eigenvalue weighted by atomic mass is 32.1. The predicted molar refractivity (Wildman–Crippen MR) is 61.4 cm³/mol. The van der Waals surface area contributed by atoms with E-state index in [1.54, 1.807) is 0 Å². The Balaban J connectivity index is 2.69. The van der Waals surface area contributed by atoms with E-state index in [2.05, 4.69) is 8.75 Å². The van der Waals surface area contributed by atoms with Crippen LogP contribution < -0.4 is 0 Å². The van der Waals surface area contributed by atoms with Gasteiger partial charge in [0.15, 0.2) is 0 Å². The van der Waals surface area contributed by atoms with Crippen molar-refractivity contribution in [3.8, 4) is 12.1 Å². The topological polar surface area (TPSA) is 73.4 Å². The Bertz CT molecular complexity index is 639. The van der Waals surface area contributed by atoms with Crippen molar-refractivity contribution >= 4 is 28.8 Å². The summed E-state index contributed by atoms with van der Waals surface area (Å²) in [6, 6.07) is 7.40. The average molecular weight is 226 g/mol. The first kappa shape index (κ1) is 10.3. The first-order valence-electron chi connectivity index (χ1n) is 4.50. The molecule has 0 aliphatic carbocycles. The van der Waals surface area contributed by atoms with E-state index in [1.807, 2.05) is 31.2 Å². The molecule has 2 aromatic rings. The van der Waals surface area contributed by atoms with Gasteiger partial charge in [-0.2, -0.15) is 19.3 Å². The zero-order valence-electron chi connectivity index (χ0n) is 8.43. The fourth-order valence-electron chi connectivity index (χ4n) is 1.37. The number of hydrogen-bond acceptors (Lipinski definition) is 5. The lowest BCUT2D eigenvalue weighted by Gasteiger charge is -1.97. The normalized spacial score (nSPS) is 9.44. The fraction of sp³-hybridized carbons (Fsp3) is 0.0909. The fourth-order valence-corrected chi connectivity index (χ4v) is 2.00. The van der Waals surface area contributed by atoms with Crippen LogP contribution in [0.2, 0.25) is 0 Å². The summed E-state index contributed by atoms with van der Waals surface area (Å²) in [6.45, 7) is 1.95. The minimum absolute atomic E-state index is 0.0677. The van der Waals surface area contributed by atoms with Crippen molar-refractivity contribution in [2.24, 2.45) is 0 Å². The van der Waals surface area contributed by atoms with Gasteiger partial charge < -0.3 is 0 Å². The van der Waals surface area contributed by atoms with Gasteiger partial charge in [0.2, 0.25) is 0 Å². The molecule has 4 nitrogen and oxygen atoms in total. The molecule has 16 heavy (non-hydrogen) atoms. The second-order valence-electron chi connectivity index (χ2n) is 3.21. The number of allylic oxidation sites excluding steroid dienone is 1. The number of nitriles is 2. The van der Waals surface area contributed by atoms with Gasteiger partial charge in [-0.1, -0.05) is 12.1 Å². The van der Waals surface area contributed by atoms with E-state index in [1.165, 1.54) is 6.08 Å². The second-order valence-corrected chi connectivity index (χ2v) is 3.74. The SMILES string of the molecule is Cc1ccc(C=C(C#N)C#N)c2nsnc12. The Kier molecular flexibility index (Phi) is 2.63. The van der Waals surface area contributed by atoms with Crippen LogP contribution in [-0.2, 0) is 0 Å². The summed E-state index contributed by atoms with van der Waals surface area (Å²) in [5.41, 5.74) is 3.43. The Hall–Kier alpha value is -2.24. The number of fused-ring (bicyclic) bond motifs is 1. The van der Waals surface area contributed by atoms with Crippen molar-refractivity contribution in [3.05, 3.63) is 28.8 Å². The third-order valence-corrected chi connectivity index (χ3v) is 2.72. The van der Waals surface area contributed by atoms with Crippen molar-refractivity contribution in [1.29, 1.82) is 10.5 Å².